The molecular formula is C32H33NO5S. The van der Waals surface area contributed by atoms with Crippen molar-refractivity contribution in [2.24, 2.45) is 0 Å². The van der Waals surface area contributed by atoms with Crippen LogP contribution in [0.25, 0.3) is 26.6 Å². The van der Waals surface area contributed by atoms with E-state index in [1.165, 1.54) is 11.6 Å². The molecule has 0 spiro atoms. The second-order valence-corrected chi connectivity index (χ2v) is 10.9. The minimum Gasteiger partial charge on any atom is -0.508 e. The van der Waals surface area contributed by atoms with E-state index in [-0.39, 0.29) is 11.7 Å². The second kappa shape index (κ2) is 12.5. The number of benzene rings is 3. The topological polar surface area (TPSA) is 68.2 Å². The number of morpholine rings is 1. The molecule has 3 aromatic carbocycles. The lowest BCUT2D eigenvalue weighted by Gasteiger charge is -2.25. The SMILES string of the molecule is CC(C)c1ccccc1-c1sc2cc(O)ccc2c1Oc1ccc(C=CC(=O)OCCN2CCOCC2)cc1. The number of fused-ring (bicyclic) bond motifs is 1. The van der Waals surface area contributed by atoms with Crippen LogP contribution in [0.5, 0.6) is 17.2 Å². The van der Waals surface area contributed by atoms with E-state index in [2.05, 4.69) is 36.9 Å². The molecule has 7 heteroatoms. The molecule has 0 saturated carbocycles. The first-order chi connectivity index (χ1) is 19.0. The van der Waals surface area contributed by atoms with Gasteiger partial charge in [-0.1, -0.05) is 50.2 Å². The Morgan fingerprint density at radius 3 is 2.62 bits per heavy atom. The van der Waals surface area contributed by atoms with Crippen molar-refractivity contribution in [3.8, 4) is 27.7 Å². The minimum atomic E-state index is -0.356. The Bertz CT molecular complexity index is 1450. The highest BCUT2D eigenvalue weighted by Gasteiger charge is 2.20. The van der Waals surface area contributed by atoms with E-state index in [1.54, 1.807) is 29.5 Å². The van der Waals surface area contributed by atoms with Gasteiger partial charge in [-0.25, -0.2) is 4.79 Å². The van der Waals surface area contributed by atoms with E-state index in [4.69, 9.17) is 14.2 Å². The highest BCUT2D eigenvalue weighted by molar-refractivity contribution is 7.22. The third-order valence-electron chi connectivity index (χ3n) is 6.72. The van der Waals surface area contributed by atoms with Gasteiger partial charge in [-0.05, 0) is 59.0 Å². The Labute approximate surface area is 233 Å². The van der Waals surface area contributed by atoms with E-state index in [1.807, 2.05) is 36.4 Å². The van der Waals surface area contributed by atoms with Gasteiger partial charge in [-0.2, -0.15) is 0 Å². The molecule has 0 bridgehead atoms. The van der Waals surface area contributed by atoms with Crippen molar-refractivity contribution >= 4 is 33.5 Å². The van der Waals surface area contributed by atoms with E-state index in [0.717, 1.165) is 64.7 Å². The summed E-state index contributed by atoms with van der Waals surface area (Å²) in [6.07, 6.45) is 3.20. The van der Waals surface area contributed by atoms with Crippen LogP contribution in [-0.4, -0.2) is 55.4 Å². The van der Waals surface area contributed by atoms with Gasteiger partial charge in [0.15, 0.2) is 5.75 Å². The molecule has 1 saturated heterocycles. The van der Waals surface area contributed by atoms with E-state index >= 15 is 0 Å². The number of rotatable bonds is 9. The molecule has 0 radical (unpaired) electrons. The summed E-state index contributed by atoms with van der Waals surface area (Å²) >= 11 is 1.62. The summed E-state index contributed by atoms with van der Waals surface area (Å²) < 4.78 is 18.1. The Morgan fingerprint density at radius 2 is 1.85 bits per heavy atom. The maximum absolute atomic E-state index is 12.1. The lowest BCUT2D eigenvalue weighted by atomic mass is 9.96. The number of nitrogens with zero attached hydrogens (tertiary/aromatic N) is 1. The number of phenols is 1. The van der Waals surface area contributed by atoms with Gasteiger partial charge in [0.25, 0.3) is 0 Å². The Morgan fingerprint density at radius 1 is 1.08 bits per heavy atom. The summed E-state index contributed by atoms with van der Waals surface area (Å²) in [4.78, 5) is 15.4. The molecule has 0 atom stereocenters. The molecule has 1 aliphatic rings. The van der Waals surface area contributed by atoms with E-state index in [0.29, 0.717) is 18.3 Å². The van der Waals surface area contributed by atoms with Gasteiger partial charge in [0.05, 0.1) is 18.1 Å². The summed E-state index contributed by atoms with van der Waals surface area (Å²) in [5, 5.41) is 11.0. The third kappa shape index (κ3) is 6.68. The van der Waals surface area contributed by atoms with Crippen molar-refractivity contribution in [2.75, 3.05) is 39.5 Å². The number of hydrogen-bond donors (Lipinski definition) is 1. The molecule has 202 valence electrons. The number of carbonyl (C=O) groups is 1. The average molecular weight is 544 g/mol. The zero-order valence-electron chi connectivity index (χ0n) is 22.3. The van der Waals surface area contributed by atoms with Crippen LogP contribution in [0, 0.1) is 0 Å². The van der Waals surface area contributed by atoms with Crippen LogP contribution < -0.4 is 4.74 Å². The molecule has 4 aromatic rings. The number of ether oxygens (including phenoxy) is 3. The molecule has 1 aromatic heterocycles. The van der Waals surface area contributed by atoms with Crippen LogP contribution in [0.1, 0.15) is 30.9 Å². The molecule has 0 amide bonds. The molecule has 2 heterocycles. The Balaban J connectivity index is 1.30. The fourth-order valence-corrected chi connectivity index (χ4v) is 5.84. The van der Waals surface area contributed by atoms with Crippen molar-refractivity contribution < 1.29 is 24.1 Å². The average Bonchev–Trinajstić information content (AvgIpc) is 3.30. The van der Waals surface area contributed by atoms with Crippen LogP contribution in [0.3, 0.4) is 0 Å². The van der Waals surface area contributed by atoms with Crippen molar-refractivity contribution in [2.45, 2.75) is 19.8 Å². The van der Waals surface area contributed by atoms with Gasteiger partial charge in [-0.3, -0.25) is 4.90 Å². The van der Waals surface area contributed by atoms with Gasteiger partial charge in [0.2, 0.25) is 0 Å². The number of thiophene rings is 1. The van der Waals surface area contributed by atoms with Crippen LogP contribution in [0.4, 0.5) is 0 Å². The van der Waals surface area contributed by atoms with Crippen LogP contribution in [0.15, 0.2) is 72.8 Å². The number of phenolic OH excluding ortho intramolecular Hbond substituents is 1. The molecule has 39 heavy (non-hydrogen) atoms. The van der Waals surface area contributed by atoms with Gasteiger partial charge >= 0.3 is 5.97 Å². The normalized spacial score (nSPS) is 14.3. The van der Waals surface area contributed by atoms with Crippen molar-refractivity contribution in [1.82, 2.24) is 4.90 Å². The van der Waals surface area contributed by atoms with Crippen LogP contribution in [-0.2, 0) is 14.3 Å². The highest BCUT2D eigenvalue weighted by atomic mass is 32.1. The number of hydrogen-bond acceptors (Lipinski definition) is 7. The zero-order valence-corrected chi connectivity index (χ0v) is 23.1. The minimum absolute atomic E-state index is 0.231. The van der Waals surface area contributed by atoms with Gasteiger partial charge < -0.3 is 19.3 Å². The fraction of sp³-hybridized carbons (Fsp3) is 0.281. The van der Waals surface area contributed by atoms with Gasteiger partial charge in [0.1, 0.15) is 18.1 Å². The molecule has 0 aliphatic carbocycles. The first-order valence-corrected chi connectivity index (χ1v) is 14.1. The smallest absolute Gasteiger partial charge is 0.330 e. The Kier molecular flexibility index (Phi) is 8.61. The molecule has 5 rings (SSSR count). The highest BCUT2D eigenvalue weighted by Crippen LogP contribution is 2.48. The largest absolute Gasteiger partial charge is 0.508 e. The molecule has 1 fully saturated rings. The van der Waals surface area contributed by atoms with Crippen LogP contribution >= 0.6 is 11.3 Å². The summed E-state index contributed by atoms with van der Waals surface area (Å²) in [5.41, 5.74) is 3.25. The lowest BCUT2D eigenvalue weighted by Crippen LogP contribution is -2.38. The molecule has 1 N–H and O–H groups in total. The van der Waals surface area contributed by atoms with Gasteiger partial charge in [-0.15, -0.1) is 11.3 Å². The standard InChI is InChI=1S/C32H33NO5S/c1-22(2)26-5-3-4-6-27(26)32-31(28-13-10-24(34)21-29(28)39-32)38-25-11-7-23(8-12-25)9-14-30(35)37-20-17-33-15-18-36-19-16-33/h3-14,21-22,34H,15-20H2,1-2H3. The number of aromatic hydroxyl groups is 1. The summed E-state index contributed by atoms with van der Waals surface area (Å²) in [6, 6.07) is 21.4. The van der Waals surface area contributed by atoms with Crippen molar-refractivity contribution in [1.29, 1.82) is 0 Å². The molecule has 6 nitrogen and oxygen atoms in total. The van der Waals surface area contributed by atoms with E-state index < -0.39 is 0 Å². The molecular weight excluding hydrogens is 510 g/mol. The molecule has 0 unspecified atom stereocenters. The Hall–Kier alpha value is -3.65. The fourth-order valence-electron chi connectivity index (χ4n) is 4.62. The predicted molar refractivity (Wildman–Crippen MR) is 157 cm³/mol. The number of carbonyl (C=O) groups excluding carboxylic acids is 1. The van der Waals surface area contributed by atoms with E-state index in [9.17, 15) is 9.90 Å². The predicted octanol–water partition coefficient (Wildman–Crippen LogP) is 7.08. The first kappa shape index (κ1) is 26.9. The lowest BCUT2D eigenvalue weighted by molar-refractivity contribution is -0.138. The zero-order chi connectivity index (χ0) is 27.2. The van der Waals surface area contributed by atoms with Crippen LogP contribution in [0.2, 0.25) is 0 Å². The molecule has 1 aliphatic heterocycles. The third-order valence-corrected chi connectivity index (χ3v) is 7.89. The first-order valence-electron chi connectivity index (χ1n) is 13.3. The van der Waals surface area contributed by atoms with Gasteiger partial charge in [0, 0.05) is 35.8 Å². The summed E-state index contributed by atoms with van der Waals surface area (Å²) in [6.45, 7) is 8.66. The van der Waals surface area contributed by atoms with Crippen molar-refractivity contribution in [3.05, 3.63) is 83.9 Å². The van der Waals surface area contributed by atoms with Crippen molar-refractivity contribution in [3.63, 3.8) is 0 Å². The summed E-state index contributed by atoms with van der Waals surface area (Å²) in [5.74, 6) is 1.69. The monoisotopic (exact) mass is 543 g/mol. The number of esters is 1. The maximum Gasteiger partial charge on any atom is 0.330 e. The maximum atomic E-state index is 12.1. The quantitative estimate of drug-likeness (QED) is 0.180. The summed E-state index contributed by atoms with van der Waals surface area (Å²) in [7, 11) is 0. The second-order valence-electron chi connectivity index (χ2n) is 9.81.